The molecule has 0 aliphatic rings. The summed E-state index contributed by atoms with van der Waals surface area (Å²) in [5.74, 6) is 0.223. The van der Waals surface area contributed by atoms with E-state index >= 15 is 0 Å². The molecule has 0 saturated carbocycles. The lowest BCUT2D eigenvalue weighted by Crippen LogP contribution is -2.05. The van der Waals surface area contributed by atoms with E-state index in [0.717, 1.165) is 5.56 Å². The Kier molecular flexibility index (Phi) is 3.85. The van der Waals surface area contributed by atoms with E-state index in [1.54, 1.807) is 23.9 Å². The second kappa shape index (κ2) is 5.40. The van der Waals surface area contributed by atoms with Gasteiger partial charge in [0.15, 0.2) is 0 Å². The summed E-state index contributed by atoms with van der Waals surface area (Å²) < 4.78 is 20.0. The third-order valence-electron chi connectivity index (χ3n) is 3.06. The van der Waals surface area contributed by atoms with Gasteiger partial charge in [-0.3, -0.25) is 0 Å². The Labute approximate surface area is 111 Å². The van der Waals surface area contributed by atoms with Gasteiger partial charge in [-0.1, -0.05) is 12.1 Å². The Bertz CT molecular complexity index is 581. The van der Waals surface area contributed by atoms with Crippen molar-refractivity contribution in [2.45, 2.75) is 19.4 Å². The minimum absolute atomic E-state index is 0.306. The summed E-state index contributed by atoms with van der Waals surface area (Å²) in [5, 5.41) is 14.5. The molecule has 1 aromatic heterocycles. The van der Waals surface area contributed by atoms with Crippen LogP contribution in [0.3, 0.4) is 0 Å². The second-order valence-corrected chi connectivity index (χ2v) is 4.48. The van der Waals surface area contributed by atoms with Crippen LogP contribution >= 0.6 is 0 Å². The molecule has 5 heteroatoms. The van der Waals surface area contributed by atoms with Crippen LogP contribution in [-0.2, 0) is 13.5 Å². The van der Waals surface area contributed by atoms with Crippen LogP contribution < -0.4 is 4.74 Å². The van der Waals surface area contributed by atoms with Crippen molar-refractivity contribution in [3.63, 3.8) is 0 Å². The Morgan fingerprint density at radius 2 is 2.21 bits per heavy atom. The van der Waals surface area contributed by atoms with E-state index in [-0.39, 0.29) is 5.82 Å². The molecule has 102 valence electrons. The highest BCUT2D eigenvalue weighted by Crippen LogP contribution is 2.30. The molecular weight excluding hydrogens is 247 g/mol. The molecule has 1 atom stereocenters. The summed E-state index contributed by atoms with van der Waals surface area (Å²) in [6.07, 6.45) is -0.453. The number of aliphatic hydroxyl groups is 1. The van der Waals surface area contributed by atoms with E-state index in [4.69, 9.17) is 4.74 Å². The molecule has 2 rings (SSSR count). The van der Waals surface area contributed by atoms with Gasteiger partial charge >= 0.3 is 0 Å². The number of aromatic nitrogens is 2. The standard InChI is InChI=1S/C14H17FN2O2/c1-9-13(14(19-3)17(2)16-9)12(18)8-10-5-4-6-11(15)7-10/h4-7,12,18H,8H2,1-3H3. The summed E-state index contributed by atoms with van der Waals surface area (Å²) in [6, 6.07) is 6.21. The van der Waals surface area contributed by atoms with Gasteiger partial charge in [-0.15, -0.1) is 0 Å². The van der Waals surface area contributed by atoms with Crippen molar-refractivity contribution in [3.8, 4) is 5.88 Å². The van der Waals surface area contributed by atoms with Gasteiger partial charge in [0.2, 0.25) is 5.88 Å². The number of hydrogen-bond donors (Lipinski definition) is 1. The van der Waals surface area contributed by atoms with Crippen molar-refractivity contribution < 1.29 is 14.2 Å². The van der Waals surface area contributed by atoms with Gasteiger partial charge in [-0.2, -0.15) is 5.10 Å². The lowest BCUT2D eigenvalue weighted by atomic mass is 10.0. The molecule has 0 amide bonds. The van der Waals surface area contributed by atoms with E-state index < -0.39 is 6.10 Å². The lowest BCUT2D eigenvalue weighted by molar-refractivity contribution is 0.172. The number of ether oxygens (including phenoxy) is 1. The Morgan fingerprint density at radius 3 is 2.84 bits per heavy atom. The number of nitrogens with zero attached hydrogens (tertiary/aromatic N) is 2. The number of halogens is 1. The number of methoxy groups -OCH3 is 1. The fourth-order valence-electron chi connectivity index (χ4n) is 2.27. The minimum atomic E-state index is -0.773. The first-order valence-corrected chi connectivity index (χ1v) is 6.03. The average Bonchev–Trinajstić information content (AvgIpc) is 2.63. The lowest BCUT2D eigenvalue weighted by Gasteiger charge is -2.12. The summed E-state index contributed by atoms with van der Waals surface area (Å²) in [6.45, 7) is 1.81. The fourth-order valence-corrected chi connectivity index (χ4v) is 2.27. The second-order valence-electron chi connectivity index (χ2n) is 4.48. The summed E-state index contributed by atoms with van der Waals surface area (Å²) in [5.41, 5.74) is 2.09. The van der Waals surface area contributed by atoms with E-state index in [9.17, 15) is 9.50 Å². The Balaban J connectivity index is 2.27. The van der Waals surface area contributed by atoms with Gasteiger partial charge < -0.3 is 9.84 Å². The molecule has 4 nitrogen and oxygen atoms in total. The Morgan fingerprint density at radius 1 is 1.47 bits per heavy atom. The number of hydrogen-bond acceptors (Lipinski definition) is 3. The molecule has 0 saturated heterocycles. The highest BCUT2D eigenvalue weighted by molar-refractivity contribution is 5.34. The van der Waals surface area contributed by atoms with Gasteiger partial charge in [0.05, 0.1) is 24.5 Å². The number of aryl methyl sites for hydroxylation is 2. The van der Waals surface area contributed by atoms with Gasteiger partial charge in [0, 0.05) is 13.5 Å². The summed E-state index contributed by atoms with van der Waals surface area (Å²) >= 11 is 0. The van der Waals surface area contributed by atoms with Crippen molar-refractivity contribution in [2.24, 2.45) is 7.05 Å². The maximum atomic E-state index is 13.1. The van der Waals surface area contributed by atoms with Crippen LogP contribution in [0.1, 0.15) is 22.9 Å². The number of rotatable bonds is 4. The van der Waals surface area contributed by atoms with Gasteiger partial charge in [0.1, 0.15) is 5.82 Å². The van der Waals surface area contributed by atoms with Gasteiger partial charge in [-0.05, 0) is 24.6 Å². The molecule has 19 heavy (non-hydrogen) atoms. The molecular formula is C14H17FN2O2. The fraction of sp³-hybridized carbons (Fsp3) is 0.357. The summed E-state index contributed by atoms with van der Waals surface area (Å²) in [7, 11) is 3.29. The van der Waals surface area contributed by atoms with Crippen molar-refractivity contribution in [1.82, 2.24) is 9.78 Å². The minimum Gasteiger partial charge on any atom is -0.481 e. The van der Waals surface area contributed by atoms with Gasteiger partial charge in [0.25, 0.3) is 0 Å². The quantitative estimate of drug-likeness (QED) is 0.920. The predicted octanol–water partition coefficient (Wildman–Crippen LogP) is 2.15. The Hall–Kier alpha value is -1.88. The molecule has 0 fully saturated rings. The zero-order chi connectivity index (χ0) is 14.0. The van der Waals surface area contributed by atoms with Gasteiger partial charge in [-0.25, -0.2) is 9.07 Å². The highest BCUT2D eigenvalue weighted by atomic mass is 19.1. The molecule has 2 aromatic rings. The first-order valence-electron chi connectivity index (χ1n) is 6.03. The van der Waals surface area contributed by atoms with Crippen molar-refractivity contribution in [2.75, 3.05) is 7.11 Å². The first kappa shape index (κ1) is 13.5. The summed E-state index contributed by atoms with van der Waals surface area (Å²) in [4.78, 5) is 0. The zero-order valence-corrected chi connectivity index (χ0v) is 11.2. The van der Waals surface area contributed by atoms with Crippen LogP contribution in [0.4, 0.5) is 4.39 Å². The smallest absolute Gasteiger partial charge is 0.217 e. The van der Waals surface area contributed by atoms with Crippen LogP contribution in [0.25, 0.3) is 0 Å². The van der Waals surface area contributed by atoms with Crippen LogP contribution in [0.2, 0.25) is 0 Å². The maximum Gasteiger partial charge on any atom is 0.217 e. The number of aliphatic hydroxyl groups excluding tert-OH is 1. The largest absolute Gasteiger partial charge is 0.481 e. The van der Waals surface area contributed by atoms with Crippen LogP contribution in [0.15, 0.2) is 24.3 Å². The molecule has 0 aliphatic heterocycles. The highest BCUT2D eigenvalue weighted by Gasteiger charge is 2.21. The van der Waals surface area contributed by atoms with Crippen molar-refractivity contribution >= 4 is 0 Å². The molecule has 1 heterocycles. The molecule has 0 aliphatic carbocycles. The average molecular weight is 264 g/mol. The first-order chi connectivity index (χ1) is 9.02. The maximum absolute atomic E-state index is 13.1. The third kappa shape index (κ3) is 2.76. The van der Waals surface area contributed by atoms with E-state index in [1.165, 1.54) is 19.2 Å². The van der Waals surface area contributed by atoms with Crippen LogP contribution in [-0.4, -0.2) is 22.0 Å². The molecule has 0 radical (unpaired) electrons. The van der Waals surface area contributed by atoms with E-state index in [0.29, 0.717) is 23.6 Å². The molecule has 1 N–H and O–H groups in total. The predicted molar refractivity (Wildman–Crippen MR) is 69.6 cm³/mol. The molecule has 0 bridgehead atoms. The third-order valence-corrected chi connectivity index (χ3v) is 3.06. The van der Waals surface area contributed by atoms with E-state index in [2.05, 4.69) is 5.10 Å². The zero-order valence-electron chi connectivity index (χ0n) is 11.2. The van der Waals surface area contributed by atoms with E-state index in [1.807, 2.05) is 6.92 Å². The van der Waals surface area contributed by atoms with Crippen molar-refractivity contribution in [3.05, 3.63) is 46.9 Å². The van der Waals surface area contributed by atoms with Crippen molar-refractivity contribution in [1.29, 1.82) is 0 Å². The molecule has 0 spiro atoms. The van der Waals surface area contributed by atoms with Crippen LogP contribution in [0, 0.1) is 12.7 Å². The monoisotopic (exact) mass is 264 g/mol. The molecule has 1 aromatic carbocycles. The number of benzene rings is 1. The topological polar surface area (TPSA) is 47.3 Å². The van der Waals surface area contributed by atoms with Crippen LogP contribution in [0.5, 0.6) is 5.88 Å². The SMILES string of the molecule is COc1c(C(O)Cc2cccc(F)c2)c(C)nn1C. The molecule has 1 unspecified atom stereocenters. The normalized spacial score (nSPS) is 12.5.